The molecule has 3 aliphatic heterocycles. The van der Waals surface area contributed by atoms with E-state index >= 15 is 0 Å². The fraction of sp³-hybridized carbons (Fsp3) is 0.682. The van der Waals surface area contributed by atoms with Gasteiger partial charge in [-0.15, -0.1) is 0 Å². The van der Waals surface area contributed by atoms with Gasteiger partial charge in [-0.1, -0.05) is 32.0 Å². The fourth-order valence-corrected chi connectivity index (χ4v) is 5.78. The number of anilines is 1. The van der Waals surface area contributed by atoms with E-state index in [4.69, 9.17) is 0 Å². The number of amides is 1. The second-order valence-electron chi connectivity index (χ2n) is 9.69. The number of benzene rings is 1. The van der Waals surface area contributed by atoms with Crippen molar-refractivity contribution in [3.8, 4) is 0 Å². The van der Waals surface area contributed by atoms with E-state index in [1.165, 1.54) is 30.8 Å². The topological polar surface area (TPSA) is 35.6 Å². The van der Waals surface area contributed by atoms with Crippen LogP contribution in [0.5, 0.6) is 0 Å². The van der Waals surface area contributed by atoms with Gasteiger partial charge in [0.25, 0.3) is 0 Å². The van der Waals surface area contributed by atoms with Crippen molar-refractivity contribution in [2.45, 2.75) is 63.5 Å². The summed E-state index contributed by atoms with van der Waals surface area (Å²) in [7, 11) is 0. The molecule has 140 valence electrons. The molecular formula is C22H31N3O. The van der Waals surface area contributed by atoms with E-state index < -0.39 is 0 Å². The molecule has 1 aliphatic carbocycles. The predicted octanol–water partition coefficient (Wildman–Crippen LogP) is 2.92. The SMILES string of the molecule is CC1(C)CCN(C2CC(N3C(=O)C4(CCNCC4)c4ccccc43)C2)C1. The Balaban J connectivity index is 1.37. The maximum atomic E-state index is 13.6. The Morgan fingerprint density at radius 1 is 1.04 bits per heavy atom. The summed E-state index contributed by atoms with van der Waals surface area (Å²) in [5.74, 6) is 0.380. The largest absolute Gasteiger partial charge is 0.317 e. The summed E-state index contributed by atoms with van der Waals surface area (Å²) >= 11 is 0. The predicted molar refractivity (Wildman–Crippen MR) is 104 cm³/mol. The van der Waals surface area contributed by atoms with E-state index in [1.54, 1.807) is 0 Å². The molecule has 0 bridgehead atoms. The molecule has 1 saturated carbocycles. The van der Waals surface area contributed by atoms with Crippen LogP contribution in [0.2, 0.25) is 0 Å². The van der Waals surface area contributed by atoms with Gasteiger partial charge in [0.15, 0.2) is 0 Å². The third-order valence-corrected chi connectivity index (χ3v) is 7.44. The quantitative estimate of drug-likeness (QED) is 0.888. The first-order valence-corrected chi connectivity index (χ1v) is 10.4. The molecule has 4 aliphatic rings. The van der Waals surface area contributed by atoms with Gasteiger partial charge in [0, 0.05) is 24.3 Å². The zero-order valence-corrected chi connectivity index (χ0v) is 16.1. The van der Waals surface area contributed by atoms with Crippen molar-refractivity contribution in [2.75, 3.05) is 31.1 Å². The summed E-state index contributed by atoms with van der Waals surface area (Å²) < 4.78 is 0. The van der Waals surface area contributed by atoms with Crippen molar-refractivity contribution in [3.63, 3.8) is 0 Å². The normalized spacial score (nSPS) is 32.7. The molecule has 0 atom stereocenters. The minimum absolute atomic E-state index is 0.261. The maximum Gasteiger partial charge on any atom is 0.238 e. The molecule has 1 spiro atoms. The Kier molecular flexibility index (Phi) is 3.74. The van der Waals surface area contributed by atoms with E-state index in [2.05, 4.69) is 53.2 Å². The molecule has 0 unspecified atom stereocenters. The average molecular weight is 354 g/mol. The van der Waals surface area contributed by atoms with E-state index in [0.717, 1.165) is 38.8 Å². The molecular weight excluding hydrogens is 322 g/mol. The molecule has 3 heterocycles. The lowest BCUT2D eigenvalue weighted by molar-refractivity contribution is -0.125. The minimum Gasteiger partial charge on any atom is -0.317 e. The molecule has 5 rings (SSSR count). The van der Waals surface area contributed by atoms with Crippen LogP contribution in [-0.2, 0) is 10.2 Å². The zero-order valence-electron chi connectivity index (χ0n) is 16.1. The summed E-state index contributed by atoms with van der Waals surface area (Å²) in [6.45, 7) is 9.09. The highest BCUT2D eigenvalue weighted by Gasteiger charge is 2.54. The van der Waals surface area contributed by atoms with Crippen molar-refractivity contribution in [3.05, 3.63) is 29.8 Å². The maximum absolute atomic E-state index is 13.6. The van der Waals surface area contributed by atoms with Crippen LogP contribution in [0, 0.1) is 5.41 Å². The van der Waals surface area contributed by atoms with Gasteiger partial charge in [-0.25, -0.2) is 0 Å². The van der Waals surface area contributed by atoms with Crippen molar-refractivity contribution in [1.82, 2.24) is 10.2 Å². The first kappa shape index (κ1) is 16.8. The highest BCUT2D eigenvalue weighted by Crippen LogP contribution is 2.50. The molecule has 4 nitrogen and oxygen atoms in total. The van der Waals surface area contributed by atoms with Crippen LogP contribution in [0.15, 0.2) is 24.3 Å². The van der Waals surface area contributed by atoms with Crippen molar-refractivity contribution < 1.29 is 4.79 Å². The van der Waals surface area contributed by atoms with E-state index in [-0.39, 0.29) is 5.41 Å². The Hall–Kier alpha value is -1.39. The number of fused-ring (bicyclic) bond motifs is 2. The second kappa shape index (κ2) is 5.80. The van der Waals surface area contributed by atoms with Gasteiger partial charge in [0.05, 0.1) is 5.41 Å². The molecule has 1 aromatic carbocycles. The summed E-state index contributed by atoms with van der Waals surface area (Å²) in [6, 6.07) is 9.65. The number of hydrogen-bond donors (Lipinski definition) is 1. The van der Waals surface area contributed by atoms with Crippen molar-refractivity contribution in [2.24, 2.45) is 5.41 Å². The zero-order chi connectivity index (χ0) is 17.9. The number of nitrogens with one attached hydrogen (secondary N) is 1. The Morgan fingerprint density at radius 2 is 1.77 bits per heavy atom. The van der Waals surface area contributed by atoms with Gasteiger partial charge in [-0.2, -0.15) is 0 Å². The lowest BCUT2D eigenvalue weighted by Crippen LogP contribution is -2.57. The standard InChI is InChI=1S/C22H31N3O/c1-21(2)9-12-24(15-21)16-13-17(14-16)25-19-6-4-3-5-18(19)22(20(25)26)7-10-23-11-8-22/h3-6,16-17,23H,7-15H2,1-2H3. The van der Waals surface area contributed by atoms with Crippen LogP contribution in [0.1, 0.15) is 51.5 Å². The summed E-state index contributed by atoms with van der Waals surface area (Å²) in [5, 5.41) is 3.43. The molecule has 0 radical (unpaired) electrons. The van der Waals surface area contributed by atoms with Crippen LogP contribution in [0.3, 0.4) is 0 Å². The fourth-order valence-electron chi connectivity index (χ4n) is 5.78. The third kappa shape index (κ3) is 2.38. The lowest BCUT2D eigenvalue weighted by atomic mass is 9.74. The summed E-state index contributed by atoms with van der Waals surface area (Å²) in [5.41, 5.74) is 2.69. The molecule has 1 N–H and O–H groups in total. The molecule has 1 amide bonds. The Bertz CT molecular complexity index is 716. The average Bonchev–Trinajstić information content (AvgIpc) is 3.06. The lowest BCUT2D eigenvalue weighted by Gasteiger charge is -2.46. The van der Waals surface area contributed by atoms with Crippen LogP contribution < -0.4 is 10.2 Å². The van der Waals surface area contributed by atoms with Gasteiger partial charge in [0.2, 0.25) is 5.91 Å². The van der Waals surface area contributed by atoms with Crippen LogP contribution in [-0.4, -0.2) is 49.1 Å². The number of hydrogen-bond acceptors (Lipinski definition) is 3. The molecule has 26 heavy (non-hydrogen) atoms. The first-order valence-electron chi connectivity index (χ1n) is 10.4. The number of likely N-dealkylation sites (tertiary alicyclic amines) is 1. The van der Waals surface area contributed by atoms with Gasteiger partial charge in [0.1, 0.15) is 0 Å². The Labute approximate surface area is 156 Å². The highest BCUT2D eigenvalue weighted by molar-refractivity contribution is 6.08. The second-order valence-corrected chi connectivity index (χ2v) is 9.69. The van der Waals surface area contributed by atoms with Gasteiger partial charge in [-0.05, 0) is 68.8 Å². The minimum atomic E-state index is -0.261. The first-order chi connectivity index (χ1) is 12.5. The van der Waals surface area contributed by atoms with Gasteiger partial charge in [-0.3, -0.25) is 9.69 Å². The van der Waals surface area contributed by atoms with Crippen molar-refractivity contribution >= 4 is 11.6 Å². The molecule has 4 heteroatoms. The summed E-state index contributed by atoms with van der Waals surface area (Å²) in [4.78, 5) is 18.5. The smallest absolute Gasteiger partial charge is 0.238 e. The van der Waals surface area contributed by atoms with Crippen LogP contribution in [0.4, 0.5) is 5.69 Å². The number of para-hydroxylation sites is 1. The molecule has 2 saturated heterocycles. The monoisotopic (exact) mass is 353 g/mol. The number of rotatable bonds is 2. The van der Waals surface area contributed by atoms with E-state index in [9.17, 15) is 4.79 Å². The van der Waals surface area contributed by atoms with Crippen LogP contribution >= 0.6 is 0 Å². The van der Waals surface area contributed by atoms with Crippen LogP contribution in [0.25, 0.3) is 0 Å². The van der Waals surface area contributed by atoms with Crippen molar-refractivity contribution in [1.29, 1.82) is 0 Å². The van der Waals surface area contributed by atoms with Gasteiger partial charge >= 0.3 is 0 Å². The van der Waals surface area contributed by atoms with E-state index in [1.807, 2.05) is 0 Å². The number of carbonyl (C=O) groups is 1. The van der Waals surface area contributed by atoms with E-state index in [0.29, 0.717) is 23.4 Å². The number of carbonyl (C=O) groups excluding carboxylic acids is 1. The number of piperidine rings is 1. The molecule has 0 aromatic heterocycles. The summed E-state index contributed by atoms with van der Waals surface area (Å²) in [6.07, 6.45) is 5.47. The molecule has 1 aromatic rings. The number of nitrogens with zero attached hydrogens (tertiary/aromatic N) is 2. The van der Waals surface area contributed by atoms with Gasteiger partial charge < -0.3 is 10.2 Å². The molecule has 3 fully saturated rings. The third-order valence-electron chi connectivity index (χ3n) is 7.44. The highest BCUT2D eigenvalue weighted by atomic mass is 16.2. The Morgan fingerprint density at radius 3 is 2.46 bits per heavy atom.